The number of amides is 2. The number of rotatable bonds is 6. The topological polar surface area (TPSA) is 96.0 Å². The normalized spacial score (nSPS) is 24.5. The fourth-order valence-electron chi connectivity index (χ4n) is 6.78. The van der Waals surface area contributed by atoms with Crippen LogP contribution in [0.4, 0.5) is 10.5 Å². The Bertz CT molecular complexity index is 1440. The van der Waals surface area contributed by atoms with E-state index in [9.17, 15) is 9.59 Å². The van der Waals surface area contributed by atoms with Crippen LogP contribution in [0.3, 0.4) is 0 Å². The van der Waals surface area contributed by atoms with Gasteiger partial charge in [-0.3, -0.25) is 14.6 Å². The largest absolute Gasteiger partial charge is 0.465 e. The molecular formula is C30H35ClN6O3. The van der Waals surface area contributed by atoms with Gasteiger partial charge in [0.05, 0.1) is 11.6 Å². The molecule has 40 heavy (non-hydrogen) atoms. The van der Waals surface area contributed by atoms with E-state index in [1.54, 1.807) is 0 Å². The van der Waals surface area contributed by atoms with Crippen molar-refractivity contribution in [1.82, 2.24) is 24.7 Å². The van der Waals surface area contributed by atoms with Crippen LogP contribution >= 0.6 is 11.6 Å². The van der Waals surface area contributed by atoms with E-state index in [1.807, 2.05) is 35.5 Å². The molecule has 2 amide bonds. The summed E-state index contributed by atoms with van der Waals surface area (Å²) in [5.41, 5.74) is 4.86. The molecule has 4 fully saturated rings. The molecule has 2 aliphatic carbocycles. The molecule has 4 aliphatic rings. The smallest absolute Gasteiger partial charge is 0.407 e. The second-order valence-electron chi connectivity index (χ2n) is 11.9. The van der Waals surface area contributed by atoms with Crippen LogP contribution in [-0.4, -0.2) is 100 Å². The maximum Gasteiger partial charge on any atom is 0.407 e. The Morgan fingerprint density at radius 1 is 1.10 bits per heavy atom. The van der Waals surface area contributed by atoms with Gasteiger partial charge in [0, 0.05) is 80.9 Å². The number of halogens is 1. The first kappa shape index (κ1) is 25.8. The van der Waals surface area contributed by atoms with Gasteiger partial charge in [-0.1, -0.05) is 23.7 Å². The zero-order valence-electron chi connectivity index (χ0n) is 22.6. The Morgan fingerprint density at radius 2 is 1.90 bits per heavy atom. The van der Waals surface area contributed by atoms with Crippen LogP contribution in [0.15, 0.2) is 36.7 Å². The summed E-state index contributed by atoms with van der Waals surface area (Å²) in [6.07, 6.45) is 7.72. The minimum Gasteiger partial charge on any atom is -0.465 e. The highest BCUT2D eigenvalue weighted by Crippen LogP contribution is 2.46. The van der Waals surface area contributed by atoms with Crippen LogP contribution in [0.25, 0.3) is 22.2 Å². The van der Waals surface area contributed by atoms with Crippen LogP contribution in [0.2, 0.25) is 5.02 Å². The predicted octanol–water partition coefficient (Wildman–Crippen LogP) is 4.48. The Balaban J connectivity index is 0.965. The molecule has 2 aliphatic heterocycles. The number of piperazine rings is 2. The highest BCUT2D eigenvalue weighted by molar-refractivity contribution is 6.38. The predicted molar refractivity (Wildman–Crippen MR) is 155 cm³/mol. The van der Waals surface area contributed by atoms with Crippen molar-refractivity contribution >= 4 is 40.3 Å². The number of hydrogen-bond donors (Lipinski definition) is 2. The minimum atomic E-state index is -0.817. The van der Waals surface area contributed by atoms with E-state index in [-0.39, 0.29) is 5.91 Å². The number of pyridine rings is 1. The second-order valence-corrected chi connectivity index (χ2v) is 12.2. The molecule has 0 spiro atoms. The van der Waals surface area contributed by atoms with Crippen LogP contribution in [0.1, 0.15) is 37.2 Å². The monoisotopic (exact) mass is 562 g/mol. The number of aromatic nitrogens is 2. The number of fused-ring (bicyclic) bond motifs is 1. The van der Waals surface area contributed by atoms with E-state index >= 15 is 0 Å². The van der Waals surface area contributed by atoms with Gasteiger partial charge in [-0.15, -0.1) is 0 Å². The minimum absolute atomic E-state index is 0.130. The summed E-state index contributed by atoms with van der Waals surface area (Å²) in [6.45, 7) is 5.75. The lowest BCUT2D eigenvalue weighted by Crippen LogP contribution is -2.57. The number of H-pyrrole nitrogens is 1. The van der Waals surface area contributed by atoms with E-state index in [2.05, 4.69) is 25.8 Å². The molecule has 0 bridgehead atoms. The van der Waals surface area contributed by atoms with Gasteiger partial charge >= 0.3 is 6.09 Å². The maximum atomic E-state index is 13.3. The molecule has 10 heteroatoms. The van der Waals surface area contributed by atoms with Crippen molar-refractivity contribution in [2.24, 2.45) is 5.92 Å². The lowest BCUT2D eigenvalue weighted by molar-refractivity contribution is -0.121. The first-order valence-electron chi connectivity index (χ1n) is 14.4. The summed E-state index contributed by atoms with van der Waals surface area (Å²) < 4.78 is 0. The highest BCUT2D eigenvalue weighted by Gasteiger charge is 2.37. The third-order valence-electron chi connectivity index (χ3n) is 9.28. The molecule has 2 aromatic heterocycles. The number of aromatic amines is 1. The summed E-state index contributed by atoms with van der Waals surface area (Å²) in [5, 5.41) is 10.9. The highest BCUT2D eigenvalue weighted by atomic mass is 35.5. The Labute approximate surface area is 238 Å². The molecule has 0 radical (unpaired) electrons. The van der Waals surface area contributed by atoms with Crippen LogP contribution in [-0.2, 0) is 4.79 Å². The van der Waals surface area contributed by atoms with Gasteiger partial charge in [0.25, 0.3) is 0 Å². The fourth-order valence-corrected chi connectivity index (χ4v) is 7.14. The first-order valence-corrected chi connectivity index (χ1v) is 14.8. The number of hydrogen-bond acceptors (Lipinski definition) is 5. The van der Waals surface area contributed by atoms with Crippen molar-refractivity contribution in [3.8, 4) is 11.1 Å². The van der Waals surface area contributed by atoms with Gasteiger partial charge < -0.3 is 19.9 Å². The van der Waals surface area contributed by atoms with Crippen LogP contribution in [0.5, 0.6) is 0 Å². The Morgan fingerprint density at radius 3 is 2.62 bits per heavy atom. The molecule has 210 valence electrons. The molecule has 7 rings (SSSR count). The van der Waals surface area contributed by atoms with Crippen LogP contribution in [0, 0.1) is 5.92 Å². The molecule has 2 saturated heterocycles. The number of anilines is 1. The zero-order chi connectivity index (χ0) is 27.4. The van der Waals surface area contributed by atoms with Gasteiger partial charge in [-0.25, -0.2) is 9.78 Å². The van der Waals surface area contributed by atoms with Gasteiger partial charge in [0.1, 0.15) is 5.65 Å². The third kappa shape index (κ3) is 4.84. The van der Waals surface area contributed by atoms with Gasteiger partial charge in [-0.2, -0.15) is 0 Å². The van der Waals surface area contributed by atoms with Crippen LogP contribution < -0.4 is 4.90 Å². The van der Waals surface area contributed by atoms with Crippen molar-refractivity contribution in [2.45, 2.75) is 37.6 Å². The van der Waals surface area contributed by atoms with E-state index in [1.165, 1.54) is 23.3 Å². The standard InChI is InChI=1S/C30H35ClN6O3/c31-28-25(16-33-29-27(28)24(15-32-29)20-4-5-20)21-2-1-3-22(14-21)37-11-6-34(18-26(37)38)17-19-12-23(13-19)35-7-9-36(10-8-35)30(39)40/h1-3,14-16,19-20,23H,4-13,17-18H2,(H,32,33)(H,39,40). The summed E-state index contributed by atoms with van der Waals surface area (Å²) >= 11 is 6.95. The van der Waals surface area contributed by atoms with Crippen molar-refractivity contribution in [2.75, 3.05) is 57.3 Å². The molecular weight excluding hydrogens is 528 g/mol. The summed E-state index contributed by atoms with van der Waals surface area (Å²) in [4.78, 5) is 40.5. The molecule has 4 heterocycles. The number of carbonyl (C=O) groups excluding carboxylic acids is 1. The summed E-state index contributed by atoms with van der Waals surface area (Å²) in [5.74, 6) is 1.30. The second kappa shape index (κ2) is 10.4. The van der Waals surface area contributed by atoms with Crippen molar-refractivity contribution in [1.29, 1.82) is 0 Å². The first-order chi connectivity index (χ1) is 19.4. The van der Waals surface area contributed by atoms with E-state index in [0.29, 0.717) is 44.1 Å². The molecule has 0 unspecified atom stereocenters. The van der Waals surface area contributed by atoms with Gasteiger partial charge in [0.15, 0.2) is 0 Å². The number of benzene rings is 1. The lowest BCUT2D eigenvalue weighted by Gasteiger charge is -2.47. The molecule has 9 nitrogen and oxygen atoms in total. The number of nitrogens with zero attached hydrogens (tertiary/aromatic N) is 5. The van der Waals surface area contributed by atoms with Gasteiger partial charge in [-0.05, 0) is 60.8 Å². The average molecular weight is 563 g/mol. The van der Waals surface area contributed by atoms with E-state index < -0.39 is 6.09 Å². The SMILES string of the molecule is O=C(O)N1CCN(C2CC(CN3CCN(c4cccc(-c5cnc6[nH]cc(C7CC7)c6c5Cl)c4)C(=O)C3)C2)CC1. The summed E-state index contributed by atoms with van der Waals surface area (Å²) in [7, 11) is 0. The Hall–Kier alpha value is -3.14. The van der Waals surface area contributed by atoms with Crippen molar-refractivity contribution in [3.05, 3.63) is 47.2 Å². The number of carboxylic acid groups (broad SMARTS) is 1. The third-order valence-corrected chi connectivity index (χ3v) is 9.68. The molecule has 3 aromatic rings. The average Bonchev–Trinajstić information content (AvgIpc) is 3.69. The van der Waals surface area contributed by atoms with Crippen molar-refractivity contribution < 1.29 is 14.7 Å². The molecule has 2 N–H and O–H groups in total. The van der Waals surface area contributed by atoms with Crippen molar-refractivity contribution in [3.63, 3.8) is 0 Å². The summed E-state index contributed by atoms with van der Waals surface area (Å²) in [6, 6.07) is 8.65. The lowest BCUT2D eigenvalue weighted by atomic mass is 9.78. The molecule has 1 aromatic carbocycles. The molecule has 2 saturated carbocycles. The maximum absolute atomic E-state index is 13.3. The number of carbonyl (C=O) groups is 2. The quantitative estimate of drug-likeness (QED) is 0.460. The molecule has 0 atom stereocenters. The van der Waals surface area contributed by atoms with Gasteiger partial charge in [0.2, 0.25) is 5.91 Å². The van der Waals surface area contributed by atoms with E-state index in [0.717, 1.165) is 71.9 Å². The van der Waals surface area contributed by atoms with E-state index in [4.69, 9.17) is 16.7 Å². The Kier molecular flexibility index (Phi) is 6.68. The zero-order valence-corrected chi connectivity index (χ0v) is 23.3. The fraction of sp³-hybridized carbons (Fsp3) is 0.500. The number of nitrogens with one attached hydrogen (secondary N) is 1.